The first-order valence-electron chi connectivity index (χ1n) is 6.27. The van der Waals surface area contributed by atoms with E-state index in [1.165, 1.54) is 12.8 Å². The molecule has 0 aliphatic heterocycles. The van der Waals surface area contributed by atoms with Gasteiger partial charge < -0.3 is 10.2 Å². The third kappa shape index (κ3) is 2.96. The SMILES string of the molecule is CC(Nc1cc(Cl)ccc1C(=O)N(C)C)C1CC1. The van der Waals surface area contributed by atoms with Crippen LogP contribution in [0.1, 0.15) is 30.1 Å². The first-order valence-corrected chi connectivity index (χ1v) is 6.64. The molecule has 4 heteroatoms. The van der Waals surface area contributed by atoms with E-state index in [9.17, 15) is 4.79 Å². The summed E-state index contributed by atoms with van der Waals surface area (Å²) in [5, 5.41) is 4.07. The van der Waals surface area contributed by atoms with Crippen LogP contribution in [-0.2, 0) is 0 Å². The van der Waals surface area contributed by atoms with Gasteiger partial charge >= 0.3 is 0 Å². The molecule has 2 rings (SSSR count). The number of benzene rings is 1. The number of hydrogen-bond donors (Lipinski definition) is 1. The van der Waals surface area contributed by atoms with Gasteiger partial charge in [-0.3, -0.25) is 4.79 Å². The molecule has 1 aliphatic carbocycles. The van der Waals surface area contributed by atoms with E-state index in [2.05, 4.69) is 12.2 Å². The maximum absolute atomic E-state index is 12.1. The third-order valence-electron chi connectivity index (χ3n) is 3.33. The zero-order valence-corrected chi connectivity index (χ0v) is 11.8. The molecule has 1 saturated carbocycles. The quantitative estimate of drug-likeness (QED) is 0.907. The summed E-state index contributed by atoms with van der Waals surface area (Å²) in [6.07, 6.45) is 2.54. The second kappa shape index (κ2) is 5.19. The van der Waals surface area contributed by atoms with Crippen LogP contribution in [0.5, 0.6) is 0 Å². The number of carbonyl (C=O) groups excluding carboxylic acids is 1. The Morgan fingerprint density at radius 3 is 2.67 bits per heavy atom. The summed E-state index contributed by atoms with van der Waals surface area (Å²) in [4.78, 5) is 13.7. The molecule has 3 nitrogen and oxygen atoms in total. The molecule has 1 aromatic carbocycles. The minimum atomic E-state index is -0.00263. The molecule has 0 radical (unpaired) electrons. The summed E-state index contributed by atoms with van der Waals surface area (Å²) in [6, 6.07) is 5.76. The Morgan fingerprint density at radius 2 is 2.11 bits per heavy atom. The first-order chi connectivity index (χ1) is 8.49. The highest BCUT2D eigenvalue weighted by Crippen LogP contribution is 2.35. The molecule has 0 saturated heterocycles. The van der Waals surface area contributed by atoms with Crippen LogP contribution in [0.4, 0.5) is 5.69 Å². The van der Waals surface area contributed by atoms with E-state index in [1.807, 2.05) is 6.07 Å². The van der Waals surface area contributed by atoms with Gasteiger partial charge in [0.15, 0.2) is 0 Å². The monoisotopic (exact) mass is 266 g/mol. The van der Waals surface area contributed by atoms with Crippen molar-refractivity contribution in [3.8, 4) is 0 Å². The Bertz CT molecular complexity index is 455. The molecule has 18 heavy (non-hydrogen) atoms. The van der Waals surface area contributed by atoms with Crippen molar-refractivity contribution >= 4 is 23.2 Å². The van der Waals surface area contributed by atoms with Gasteiger partial charge in [-0.25, -0.2) is 0 Å². The number of amides is 1. The number of nitrogens with one attached hydrogen (secondary N) is 1. The molecule has 1 fully saturated rings. The number of hydrogen-bond acceptors (Lipinski definition) is 2. The Kier molecular flexibility index (Phi) is 3.81. The van der Waals surface area contributed by atoms with E-state index in [0.29, 0.717) is 16.6 Å². The number of nitrogens with zero attached hydrogens (tertiary/aromatic N) is 1. The number of rotatable bonds is 4. The van der Waals surface area contributed by atoms with E-state index in [4.69, 9.17) is 11.6 Å². The Balaban J connectivity index is 2.25. The number of anilines is 1. The van der Waals surface area contributed by atoms with Crippen molar-refractivity contribution in [3.63, 3.8) is 0 Å². The van der Waals surface area contributed by atoms with Crippen LogP contribution < -0.4 is 5.32 Å². The van der Waals surface area contributed by atoms with Crippen LogP contribution in [0.2, 0.25) is 5.02 Å². The zero-order chi connectivity index (χ0) is 13.3. The highest BCUT2D eigenvalue weighted by atomic mass is 35.5. The lowest BCUT2D eigenvalue weighted by Gasteiger charge is -2.19. The van der Waals surface area contributed by atoms with Gasteiger partial charge in [0, 0.05) is 30.8 Å². The van der Waals surface area contributed by atoms with Gasteiger partial charge in [-0.2, -0.15) is 0 Å². The summed E-state index contributed by atoms with van der Waals surface area (Å²) < 4.78 is 0. The van der Waals surface area contributed by atoms with E-state index < -0.39 is 0 Å². The molecule has 1 amide bonds. The minimum absolute atomic E-state index is 0.00263. The lowest BCUT2D eigenvalue weighted by atomic mass is 10.1. The first kappa shape index (κ1) is 13.2. The fourth-order valence-corrected chi connectivity index (χ4v) is 2.19. The normalized spacial score (nSPS) is 16.2. The van der Waals surface area contributed by atoms with Gasteiger partial charge in [-0.15, -0.1) is 0 Å². The number of carbonyl (C=O) groups is 1. The molecular weight excluding hydrogens is 248 g/mol. The van der Waals surface area contributed by atoms with E-state index in [-0.39, 0.29) is 5.91 Å². The molecule has 1 unspecified atom stereocenters. The molecule has 0 bridgehead atoms. The molecule has 1 atom stereocenters. The maximum atomic E-state index is 12.1. The van der Waals surface area contributed by atoms with Crippen molar-refractivity contribution in [2.45, 2.75) is 25.8 Å². The topological polar surface area (TPSA) is 32.3 Å². The summed E-state index contributed by atoms with van der Waals surface area (Å²) in [5.74, 6) is 0.725. The molecule has 1 aliphatic rings. The molecule has 0 aromatic heterocycles. The Labute approximate surface area is 113 Å². The summed E-state index contributed by atoms with van der Waals surface area (Å²) in [5.41, 5.74) is 1.51. The van der Waals surface area contributed by atoms with Crippen LogP contribution in [0.3, 0.4) is 0 Å². The summed E-state index contributed by atoms with van der Waals surface area (Å²) in [7, 11) is 3.51. The molecule has 1 N–H and O–H groups in total. The van der Waals surface area contributed by atoms with Crippen molar-refractivity contribution in [3.05, 3.63) is 28.8 Å². The van der Waals surface area contributed by atoms with Gasteiger partial charge in [-0.1, -0.05) is 11.6 Å². The van der Waals surface area contributed by atoms with Crippen molar-refractivity contribution < 1.29 is 4.79 Å². The highest BCUT2D eigenvalue weighted by molar-refractivity contribution is 6.31. The molecule has 0 spiro atoms. The third-order valence-corrected chi connectivity index (χ3v) is 3.57. The molecule has 0 heterocycles. The van der Waals surface area contributed by atoms with Crippen molar-refractivity contribution in [2.24, 2.45) is 5.92 Å². The second-order valence-corrected chi connectivity index (χ2v) is 5.60. The summed E-state index contributed by atoms with van der Waals surface area (Å²) in [6.45, 7) is 2.16. The molecule has 98 valence electrons. The fraction of sp³-hybridized carbons (Fsp3) is 0.500. The van der Waals surface area contributed by atoms with E-state index in [0.717, 1.165) is 11.6 Å². The Morgan fingerprint density at radius 1 is 1.44 bits per heavy atom. The van der Waals surface area contributed by atoms with Gasteiger partial charge in [0.25, 0.3) is 5.91 Å². The average Bonchev–Trinajstić information content (AvgIpc) is 3.12. The zero-order valence-electron chi connectivity index (χ0n) is 11.0. The molecular formula is C14H19ClN2O. The number of halogens is 1. The standard InChI is InChI=1S/C14H19ClN2O/c1-9(10-4-5-10)16-13-8-11(15)6-7-12(13)14(18)17(2)3/h6-10,16H,4-5H2,1-3H3. The van der Waals surface area contributed by atoms with Gasteiger partial charge in [0.2, 0.25) is 0 Å². The molecule has 1 aromatic rings. The van der Waals surface area contributed by atoms with Crippen LogP contribution in [-0.4, -0.2) is 30.9 Å². The van der Waals surface area contributed by atoms with E-state index >= 15 is 0 Å². The Hall–Kier alpha value is -1.22. The smallest absolute Gasteiger partial charge is 0.255 e. The highest BCUT2D eigenvalue weighted by Gasteiger charge is 2.28. The maximum Gasteiger partial charge on any atom is 0.255 e. The van der Waals surface area contributed by atoms with Gasteiger partial charge in [-0.05, 0) is 43.9 Å². The van der Waals surface area contributed by atoms with Crippen LogP contribution in [0, 0.1) is 5.92 Å². The van der Waals surface area contributed by atoms with Gasteiger partial charge in [0.05, 0.1) is 5.56 Å². The van der Waals surface area contributed by atoms with Crippen LogP contribution in [0.25, 0.3) is 0 Å². The van der Waals surface area contributed by atoms with Crippen molar-refractivity contribution in [1.82, 2.24) is 4.90 Å². The lowest BCUT2D eigenvalue weighted by Crippen LogP contribution is -2.25. The minimum Gasteiger partial charge on any atom is -0.382 e. The van der Waals surface area contributed by atoms with Gasteiger partial charge in [0.1, 0.15) is 0 Å². The fourth-order valence-electron chi connectivity index (χ4n) is 2.02. The summed E-state index contributed by atoms with van der Waals surface area (Å²) >= 11 is 6.01. The average molecular weight is 267 g/mol. The largest absolute Gasteiger partial charge is 0.382 e. The van der Waals surface area contributed by atoms with E-state index in [1.54, 1.807) is 31.1 Å². The predicted molar refractivity (Wildman–Crippen MR) is 75.3 cm³/mol. The van der Waals surface area contributed by atoms with Crippen LogP contribution in [0.15, 0.2) is 18.2 Å². The second-order valence-electron chi connectivity index (χ2n) is 5.16. The van der Waals surface area contributed by atoms with Crippen LogP contribution >= 0.6 is 11.6 Å². The lowest BCUT2D eigenvalue weighted by molar-refractivity contribution is 0.0828. The van der Waals surface area contributed by atoms with Crippen molar-refractivity contribution in [2.75, 3.05) is 19.4 Å². The van der Waals surface area contributed by atoms with Crippen molar-refractivity contribution in [1.29, 1.82) is 0 Å². The predicted octanol–water partition coefficient (Wildman–Crippen LogP) is 3.25.